The van der Waals surface area contributed by atoms with E-state index in [1.165, 1.54) is 21.3 Å². The van der Waals surface area contributed by atoms with Gasteiger partial charge in [-0.05, 0) is 66.0 Å². The van der Waals surface area contributed by atoms with Crippen LogP contribution in [0.1, 0.15) is 23.6 Å². The van der Waals surface area contributed by atoms with Crippen molar-refractivity contribution < 1.29 is 18.9 Å². The van der Waals surface area contributed by atoms with Crippen molar-refractivity contribution in [1.29, 1.82) is 0 Å². The zero-order valence-corrected chi connectivity index (χ0v) is 22.0. The number of fused-ring (bicyclic) bond motifs is 3. The van der Waals surface area contributed by atoms with E-state index in [9.17, 15) is 4.79 Å². The number of halogens is 1. The van der Waals surface area contributed by atoms with Crippen molar-refractivity contribution in [2.45, 2.75) is 18.9 Å². The highest BCUT2D eigenvalue weighted by Gasteiger charge is 2.32. The fourth-order valence-electron chi connectivity index (χ4n) is 4.54. The molecular formula is C27H27ClN2O5S. The summed E-state index contributed by atoms with van der Waals surface area (Å²) in [5.74, 6) is 1.46. The van der Waals surface area contributed by atoms with Crippen molar-refractivity contribution in [2.24, 2.45) is 0 Å². The molecule has 0 amide bonds. The van der Waals surface area contributed by atoms with Gasteiger partial charge in [-0.1, -0.05) is 35.9 Å². The Morgan fingerprint density at radius 3 is 2.28 bits per heavy atom. The Morgan fingerprint density at radius 1 is 0.944 bits per heavy atom. The molecule has 0 saturated heterocycles. The lowest BCUT2D eigenvalue weighted by Gasteiger charge is -2.21. The summed E-state index contributed by atoms with van der Waals surface area (Å²) in [6, 6.07) is 14.4. The highest BCUT2D eigenvalue weighted by atomic mass is 35.5. The largest absolute Gasteiger partial charge is 0.493 e. The number of para-hydroxylation sites is 1. The van der Waals surface area contributed by atoms with E-state index in [0.717, 1.165) is 27.9 Å². The molecule has 1 aliphatic rings. The summed E-state index contributed by atoms with van der Waals surface area (Å²) in [5.41, 5.74) is 3.66. The Morgan fingerprint density at radius 2 is 1.64 bits per heavy atom. The van der Waals surface area contributed by atoms with E-state index < -0.39 is 0 Å². The third-order valence-corrected chi connectivity index (χ3v) is 6.76. The monoisotopic (exact) mass is 526 g/mol. The lowest BCUT2D eigenvalue weighted by molar-refractivity contribution is 0.325. The van der Waals surface area contributed by atoms with E-state index in [4.69, 9.17) is 42.8 Å². The number of thiocarbonyl (C=S) groups is 1. The predicted molar refractivity (Wildman–Crippen MR) is 146 cm³/mol. The molecule has 0 aliphatic heterocycles. The summed E-state index contributed by atoms with van der Waals surface area (Å²) >= 11 is 12.5. The van der Waals surface area contributed by atoms with Gasteiger partial charge in [0.1, 0.15) is 0 Å². The molecule has 1 atom stereocenters. The molecule has 9 heteroatoms. The number of nitrogens with one attached hydrogen (secondary N) is 2. The highest BCUT2D eigenvalue weighted by Crippen LogP contribution is 2.54. The minimum absolute atomic E-state index is 0.221. The van der Waals surface area contributed by atoms with E-state index >= 15 is 0 Å². The molecule has 0 aromatic heterocycles. The van der Waals surface area contributed by atoms with Gasteiger partial charge in [-0.2, -0.15) is 0 Å². The molecule has 3 aromatic rings. The maximum Gasteiger partial charge on any atom is 0.220 e. The van der Waals surface area contributed by atoms with E-state index in [1.807, 2.05) is 36.4 Å². The van der Waals surface area contributed by atoms with Gasteiger partial charge in [-0.3, -0.25) is 4.79 Å². The molecule has 2 N–H and O–H groups in total. The van der Waals surface area contributed by atoms with Crippen LogP contribution in [0.25, 0.3) is 11.1 Å². The van der Waals surface area contributed by atoms with E-state index in [1.54, 1.807) is 19.2 Å². The number of hydrogen-bond donors (Lipinski definition) is 2. The minimum Gasteiger partial charge on any atom is -0.493 e. The van der Waals surface area contributed by atoms with Gasteiger partial charge in [0.05, 0.1) is 39.5 Å². The van der Waals surface area contributed by atoms with E-state index in [-0.39, 0.29) is 17.2 Å². The van der Waals surface area contributed by atoms with Crippen LogP contribution >= 0.6 is 23.8 Å². The minimum atomic E-state index is -0.307. The van der Waals surface area contributed by atoms with Gasteiger partial charge in [0, 0.05) is 11.3 Å². The second-order valence-corrected chi connectivity index (χ2v) is 8.89. The highest BCUT2D eigenvalue weighted by molar-refractivity contribution is 7.80. The first-order chi connectivity index (χ1) is 17.4. The molecule has 4 rings (SSSR count). The molecule has 3 aromatic carbocycles. The van der Waals surface area contributed by atoms with Crippen molar-refractivity contribution in [3.05, 3.63) is 74.9 Å². The maximum absolute atomic E-state index is 13.0. The molecule has 0 heterocycles. The number of hydrogen-bond acceptors (Lipinski definition) is 6. The third-order valence-electron chi connectivity index (χ3n) is 6.14. The number of anilines is 1. The van der Waals surface area contributed by atoms with Crippen LogP contribution in [-0.2, 0) is 6.42 Å². The molecule has 36 heavy (non-hydrogen) atoms. The van der Waals surface area contributed by atoms with Crippen molar-refractivity contribution in [3.8, 4) is 34.1 Å². The van der Waals surface area contributed by atoms with Crippen LogP contribution in [0.2, 0.25) is 5.02 Å². The summed E-state index contributed by atoms with van der Waals surface area (Å²) in [6.45, 7) is 0. The molecule has 0 spiro atoms. The molecule has 0 unspecified atom stereocenters. The topological polar surface area (TPSA) is 78.0 Å². The molecule has 188 valence electrons. The molecule has 0 bridgehead atoms. The fraction of sp³-hybridized carbons (Fsp3) is 0.259. The summed E-state index contributed by atoms with van der Waals surface area (Å²) in [4.78, 5) is 13.0. The quantitative estimate of drug-likeness (QED) is 0.415. The number of benzene rings is 2. The van der Waals surface area contributed by atoms with Crippen LogP contribution < -0.4 is 35.0 Å². The zero-order valence-electron chi connectivity index (χ0n) is 20.4. The molecule has 1 aliphatic carbocycles. The fourth-order valence-corrected chi connectivity index (χ4v) is 5.15. The summed E-state index contributed by atoms with van der Waals surface area (Å²) in [5, 5.41) is 7.45. The van der Waals surface area contributed by atoms with Gasteiger partial charge in [0.2, 0.25) is 11.2 Å². The molecule has 7 nitrogen and oxygen atoms in total. The lowest BCUT2D eigenvalue weighted by atomic mass is 9.95. The first-order valence-corrected chi connectivity index (χ1v) is 12.1. The first kappa shape index (κ1) is 25.6. The van der Waals surface area contributed by atoms with Crippen LogP contribution in [0.5, 0.6) is 23.0 Å². The third kappa shape index (κ3) is 4.79. The van der Waals surface area contributed by atoms with Crippen molar-refractivity contribution in [2.75, 3.05) is 33.8 Å². The predicted octanol–water partition coefficient (Wildman–Crippen LogP) is 5.38. The van der Waals surface area contributed by atoms with E-state index in [0.29, 0.717) is 40.2 Å². The van der Waals surface area contributed by atoms with Crippen LogP contribution in [0.3, 0.4) is 0 Å². The van der Waals surface area contributed by atoms with Crippen molar-refractivity contribution in [1.82, 2.24) is 5.32 Å². The normalized spacial score (nSPS) is 14.0. The molecule has 0 radical (unpaired) electrons. The molecule has 0 fully saturated rings. The maximum atomic E-state index is 13.0. The zero-order chi connectivity index (χ0) is 25.8. The number of methoxy groups -OCH3 is 4. The number of rotatable bonds is 6. The van der Waals surface area contributed by atoms with Crippen LogP contribution in [0.4, 0.5) is 5.69 Å². The second-order valence-electron chi connectivity index (χ2n) is 8.10. The van der Waals surface area contributed by atoms with Crippen LogP contribution in [0.15, 0.2) is 53.3 Å². The van der Waals surface area contributed by atoms with Crippen molar-refractivity contribution in [3.63, 3.8) is 0 Å². The summed E-state index contributed by atoms with van der Waals surface area (Å²) in [7, 11) is 6.10. The van der Waals surface area contributed by atoms with Crippen molar-refractivity contribution >= 4 is 34.6 Å². The smallest absolute Gasteiger partial charge is 0.220 e. The second kappa shape index (κ2) is 11.1. The summed E-state index contributed by atoms with van der Waals surface area (Å²) in [6.07, 6.45) is 1.17. The van der Waals surface area contributed by atoms with E-state index in [2.05, 4.69) is 10.6 Å². The van der Waals surface area contributed by atoms with Gasteiger partial charge in [0.25, 0.3) is 0 Å². The Hall–Kier alpha value is -3.49. The molecule has 0 saturated carbocycles. The Bertz CT molecular complexity index is 1350. The SMILES string of the molecule is COc1c(Cl)c2c(c(OC)c1OC)-c1ccc(OC)c(=O)cc1[C@@H](NC(=S)Nc1ccccc1)CC2. The Balaban J connectivity index is 1.91. The van der Waals surface area contributed by atoms with Gasteiger partial charge < -0.3 is 29.6 Å². The molecular weight excluding hydrogens is 500 g/mol. The van der Waals surface area contributed by atoms with Crippen LogP contribution in [0, 0.1) is 0 Å². The Kier molecular flexibility index (Phi) is 7.86. The van der Waals surface area contributed by atoms with Gasteiger partial charge in [-0.15, -0.1) is 0 Å². The Labute approximate surface area is 220 Å². The van der Waals surface area contributed by atoms with Crippen LogP contribution in [-0.4, -0.2) is 33.6 Å². The summed E-state index contributed by atoms with van der Waals surface area (Å²) < 4.78 is 22.4. The number of ether oxygens (including phenoxy) is 4. The standard InChI is InChI=1S/C27H27ClN2O5S/c1-32-21-13-11-16-18(14-20(21)31)19(30-27(36)29-15-8-6-5-7-9-15)12-10-17-22(16)24(33-2)26(35-4)25(34-3)23(17)28/h5-9,11,13-14,19H,10,12H2,1-4H3,(H2,29,30,36)/t19-/m0/s1. The average molecular weight is 527 g/mol. The average Bonchev–Trinajstić information content (AvgIpc) is 3.13. The van der Waals surface area contributed by atoms with Gasteiger partial charge in [-0.25, -0.2) is 0 Å². The van der Waals surface area contributed by atoms with Gasteiger partial charge >= 0.3 is 0 Å². The van der Waals surface area contributed by atoms with Gasteiger partial charge in [0.15, 0.2) is 22.4 Å². The lowest BCUT2D eigenvalue weighted by Crippen LogP contribution is -2.32. The first-order valence-electron chi connectivity index (χ1n) is 11.3.